The molecule has 0 atom stereocenters. The summed E-state index contributed by atoms with van der Waals surface area (Å²) in [5.74, 6) is 0. The zero-order chi connectivity index (χ0) is 9.30. The van der Waals surface area contributed by atoms with Gasteiger partial charge in [-0.1, -0.05) is 0 Å². The normalized spacial score (nSPS) is 9.83. The standard InChI is InChI=1S/C6H5ClN2O3/c1-3-2-8-6(12)9(4(3)10)5(7)11/h2H,1H3,(H,8,12). The molecule has 0 spiro atoms. The van der Waals surface area contributed by atoms with Gasteiger partial charge in [0.05, 0.1) is 0 Å². The molecule has 0 unspecified atom stereocenters. The first kappa shape index (κ1) is 8.73. The van der Waals surface area contributed by atoms with E-state index in [9.17, 15) is 14.4 Å². The zero-order valence-corrected chi connectivity index (χ0v) is 6.88. The first-order chi connectivity index (χ1) is 5.54. The lowest BCUT2D eigenvalue weighted by molar-refractivity contribution is 0.259. The van der Waals surface area contributed by atoms with E-state index >= 15 is 0 Å². The van der Waals surface area contributed by atoms with Crippen LogP contribution in [-0.4, -0.2) is 14.9 Å². The van der Waals surface area contributed by atoms with E-state index in [-0.39, 0.29) is 5.56 Å². The maximum absolute atomic E-state index is 11.1. The molecular weight excluding hydrogens is 184 g/mol. The number of hydrogen-bond acceptors (Lipinski definition) is 3. The third-order valence-corrected chi connectivity index (χ3v) is 1.50. The van der Waals surface area contributed by atoms with Crippen LogP contribution in [0.2, 0.25) is 0 Å². The van der Waals surface area contributed by atoms with Gasteiger partial charge in [-0.25, -0.2) is 4.79 Å². The second kappa shape index (κ2) is 2.94. The van der Waals surface area contributed by atoms with Crippen molar-refractivity contribution in [2.24, 2.45) is 0 Å². The quantitative estimate of drug-likeness (QED) is 0.585. The van der Waals surface area contributed by atoms with Crippen LogP contribution >= 0.6 is 11.6 Å². The molecule has 1 aromatic rings. The molecule has 0 aliphatic carbocycles. The number of hydrogen-bond donors (Lipinski definition) is 1. The number of halogens is 1. The third-order valence-electron chi connectivity index (χ3n) is 1.33. The summed E-state index contributed by atoms with van der Waals surface area (Å²) in [6.45, 7) is 1.47. The fourth-order valence-electron chi connectivity index (χ4n) is 0.725. The molecule has 1 aromatic heterocycles. The Labute approximate surface area is 71.6 Å². The van der Waals surface area contributed by atoms with Crippen molar-refractivity contribution in [1.82, 2.24) is 9.55 Å². The lowest BCUT2D eigenvalue weighted by atomic mass is 10.4. The lowest BCUT2D eigenvalue weighted by Crippen LogP contribution is -2.38. The molecule has 0 radical (unpaired) electrons. The average molecular weight is 189 g/mol. The Balaban J connectivity index is 3.67. The Hall–Kier alpha value is -1.36. The highest BCUT2D eigenvalue weighted by atomic mass is 35.5. The fraction of sp³-hybridized carbons (Fsp3) is 0.167. The molecule has 0 amide bonds. The van der Waals surface area contributed by atoms with Gasteiger partial charge in [0.2, 0.25) is 0 Å². The Morgan fingerprint density at radius 2 is 2.17 bits per heavy atom. The second-order valence-electron chi connectivity index (χ2n) is 2.17. The Bertz CT molecular complexity index is 431. The number of carbonyl (C=O) groups is 1. The van der Waals surface area contributed by atoms with Crippen molar-refractivity contribution in [2.75, 3.05) is 0 Å². The summed E-state index contributed by atoms with van der Waals surface area (Å²) in [5.41, 5.74) is -1.27. The van der Waals surface area contributed by atoms with Crippen LogP contribution in [0.5, 0.6) is 0 Å². The highest BCUT2D eigenvalue weighted by molar-refractivity contribution is 6.63. The van der Waals surface area contributed by atoms with Crippen LogP contribution in [0.25, 0.3) is 0 Å². The van der Waals surface area contributed by atoms with Crippen LogP contribution in [0, 0.1) is 6.92 Å². The molecule has 12 heavy (non-hydrogen) atoms. The summed E-state index contributed by atoms with van der Waals surface area (Å²) in [6.07, 6.45) is 1.22. The highest BCUT2D eigenvalue weighted by Crippen LogP contribution is 1.84. The van der Waals surface area contributed by atoms with Gasteiger partial charge in [-0.2, -0.15) is 4.57 Å². The Morgan fingerprint density at radius 1 is 1.58 bits per heavy atom. The molecule has 1 N–H and O–H groups in total. The number of nitrogens with one attached hydrogen (secondary N) is 1. The summed E-state index contributed by atoms with van der Waals surface area (Å²) >= 11 is 4.99. The van der Waals surface area contributed by atoms with E-state index in [2.05, 4.69) is 4.98 Å². The van der Waals surface area contributed by atoms with Crippen molar-refractivity contribution in [2.45, 2.75) is 6.92 Å². The molecule has 0 aromatic carbocycles. The fourth-order valence-corrected chi connectivity index (χ4v) is 0.878. The van der Waals surface area contributed by atoms with Crippen molar-refractivity contribution in [3.8, 4) is 0 Å². The van der Waals surface area contributed by atoms with E-state index in [1.807, 2.05) is 0 Å². The van der Waals surface area contributed by atoms with Crippen molar-refractivity contribution in [1.29, 1.82) is 0 Å². The predicted molar refractivity (Wildman–Crippen MR) is 42.7 cm³/mol. The number of H-pyrrole nitrogens is 1. The minimum absolute atomic E-state index is 0.253. The maximum Gasteiger partial charge on any atom is 0.336 e. The number of rotatable bonds is 0. The van der Waals surface area contributed by atoms with Gasteiger partial charge in [-0.3, -0.25) is 9.59 Å². The minimum atomic E-state index is -1.11. The predicted octanol–water partition coefficient (Wildman–Crippen LogP) is 0.0519. The minimum Gasteiger partial charge on any atom is -0.313 e. The Morgan fingerprint density at radius 3 is 2.58 bits per heavy atom. The molecule has 0 bridgehead atoms. The first-order valence-corrected chi connectivity index (χ1v) is 3.43. The van der Waals surface area contributed by atoms with Crippen LogP contribution in [0.3, 0.4) is 0 Å². The highest BCUT2D eigenvalue weighted by Gasteiger charge is 2.08. The van der Waals surface area contributed by atoms with Gasteiger partial charge in [-0.15, -0.1) is 0 Å². The van der Waals surface area contributed by atoms with Gasteiger partial charge in [-0.05, 0) is 18.5 Å². The molecule has 1 rings (SSSR count). The van der Waals surface area contributed by atoms with Crippen LogP contribution in [-0.2, 0) is 0 Å². The molecule has 0 fully saturated rings. The van der Waals surface area contributed by atoms with E-state index < -0.39 is 16.6 Å². The van der Waals surface area contributed by atoms with Crippen molar-refractivity contribution in [3.05, 3.63) is 32.6 Å². The van der Waals surface area contributed by atoms with E-state index in [1.54, 1.807) is 0 Å². The number of nitrogens with zero attached hydrogens (tertiary/aromatic N) is 1. The molecule has 0 aliphatic heterocycles. The van der Waals surface area contributed by atoms with Gasteiger partial charge in [0.1, 0.15) is 0 Å². The monoisotopic (exact) mass is 188 g/mol. The van der Waals surface area contributed by atoms with E-state index in [0.717, 1.165) is 0 Å². The molecule has 0 aliphatic rings. The van der Waals surface area contributed by atoms with Crippen molar-refractivity contribution in [3.63, 3.8) is 0 Å². The Kier molecular flexibility index (Phi) is 2.14. The topological polar surface area (TPSA) is 71.9 Å². The van der Waals surface area contributed by atoms with Crippen molar-refractivity contribution >= 4 is 17.0 Å². The van der Waals surface area contributed by atoms with Crippen molar-refractivity contribution < 1.29 is 4.79 Å². The molecule has 64 valence electrons. The SMILES string of the molecule is Cc1c[nH]c(=O)n(C(=O)Cl)c1=O. The smallest absolute Gasteiger partial charge is 0.313 e. The molecule has 0 saturated heterocycles. The summed E-state index contributed by atoms with van der Waals surface area (Å²) in [5, 5.41) is -1.11. The molecule has 6 heteroatoms. The number of aromatic nitrogens is 2. The third kappa shape index (κ3) is 1.31. The van der Waals surface area contributed by atoms with Gasteiger partial charge in [0.25, 0.3) is 5.56 Å². The molecule has 5 nitrogen and oxygen atoms in total. The van der Waals surface area contributed by atoms with Crippen LogP contribution < -0.4 is 11.2 Å². The summed E-state index contributed by atoms with van der Waals surface area (Å²) in [4.78, 5) is 34.6. The molecular formula is C6H5ClN2O3. The second-order valence-corrected chi connectivity index (χ2v) is 2.49. The lowest BCUT2D eigenvalue weighted by Gasteiger charge is -1.96. The van der Waals surface area contributed by atoms with Crippen LogP contribution in [0.4, 0.5) is 4.79 Å². The van der Waals surface area contributed by atoms with Gasteiger partial charge >= 0.3 is 11.1 Å². The van der Waals surface area contributed by atoms with Crippen LogP contribution in [0.15, 0.2) is 15.8 Å². The number of carbonyl (C=O) groups excluding carboxylic acids is 1. The van der Waals surface area contributed by atoms with E-state index in [0.29, 0.717) is 4.57 Å². The van der Waals surface area contributed by atoms with Gasteiger partial charge in [0.15, 0.2) is 0 Å². The van der Waals surface area contributed by atoms with Crippen LogP contribution in [0.1, 0.15) is 5.56 Å². The molecule has 1 heterocycles. The van der Waals surface area contributed by atoms with Gasteiger partial charge in [0, 0.05) is 11.8 Å². The largest absolute Gasteiger partial charge is 0.336 e. The van der Waals surface area contributed by atoms with E-state index in [4.69, 9.17) is 11.6 Å². The number of aromatic amines is 1. The van der Waals surface area contributed by atoms with E-state index in [1.165, 1.54) is 13.1 Å². The maximum atomic E-state index is 11.1. The first-order valence-electron chi connectivity index (χ1n) is 3.05. The summed E-state index contributed by atoms with van der Waals surface area (Å²) in [6, 6.07) is 0. The molecule has 0 saturated carbocycles. The summed E-state index contributed by atoms with van der Waals surface area (Å²) in [7, 11) is 0. The summed E-state index contributed by atoms with van der Waals surface area (Å²) < 4.78 is 0.330. The van der Waals surface area contributed by atoms with Gasteiger partial charge < -0.3 is 4.98 Å². The number of aryl methyl sites for hydroxylation is 1. The zero-order valence-electron chi connectivity index (χ0n) is 6.13. The average Bonchev–Trinajstić information content (AvgIpc) is 1.97.